The summed E-state index contributed by atoms with van der Waals surface area (Å²) in [6.45, 7) is 6.34. The van der Waals surface area contributed by atoms with Crippen LogP contribution in [-0.2, 0) is 9.53 Å². The molecule has 2 heterocycles. The Balaban J connectivity index is 1.61. The van der Waals surface area contributed by atoms with Gasteiger partial charge in [0.25, 0.3) is 5.91 Å². The lowest BCUT2D eigenvalue weighted by molar-refractivity contribution is -0.129. The van der Waals surface area contributed by atoms with Crippen LogP contribution in [-0.4, -0.2) is 41.7 Å². The molecule has 6 nitrogen and oxygen atoms in total. The quantitative estimate of drug-likeness (QED) is 0.855. The van der Waals surface area contributed by atoms with Crippen molar-refractivity contribution in [2.24, 2.45) is 5.92 Å². The molecule has 1 fully saturated rings. The standard InChI is InChI=1S/C16H19ClN2O4/c1-16(2,3)23-15(21)19-7-9(8-19)13-14(20)18-11-6-10(17)4-5-12(11)22-13/h4-6,9,13H,7-8H2,1-3H3,(H,18,20). The number of benzene rings is 1. The van der Waals surface area contributed by atoms with Gasteiger partial charge >= 0.3 is 6.09 Å². The fraction of sp³-hybridized carbons (Fsp3) is 0.500. The molecule has 2 aliphatic heterocycles. The van der Waals surface area contributed by atoms with Crippen molar-refractivity contribution in [1.29, 1.82) is 0 Å². The first-order chi connectivity index (χ1) is 10.7. The lowest BCUT2D eigenvalue weighted by Crippen LogP contribution is -2.59. The number of nitrogens with zero attached hydrogens (tertiary/aromatic N) is 1. The van der Waals surface area contributed by atoms with E-state index in [-0.39, 0.29) is 17.9 Å². The summed E-state index contributed by atoms with van der Waals surface area (Å²) >= 11 is 5.90. The van der Waals surface area contributed by atoms with Gasteiger partial charge in [-0.15, -0.1) is 0 Å². The number of carbonyl (C=O) groups excluding carboxylic acids is 2. The van der Waals surface area contributed by atoms with Crippen molar-refractivity contribution in [2.45, 2.75) is 32.5 Å². The first-order valence-corrected chi connectivity index (χ1v) is 7.86. The number of fused-ring (bicyclic) bond motifs is 1. The maximum absolute atomic E-state index is 12.2. The van der Waals surface area contributed by atoms with Gasteiger partial charge in [0.15, 0.2) is 6.10 Å². The fourth-order valence-corrected chi connectivity index (χ4v) is 2.76. The molecule has 2 aliphatic rings. The van der Waals surface area contributed by atoms with E-state index in [1.807, 2.05) is 20.8 Å². The molecule has 1 atom stereocenters. The lowest BCUT2D eigenvalue weighted by atomic mass is 9.92. The molecule has 1 aromatic carbocycles. The number of carbonyl (C=O) groups is 2. The van der Waals surface area contributed by atoms with E-state index in [0.717, 1.165) is 0 Å². The third kappa shape index (κ3) is 3.37. The van der Waals surface area contributed by atoms with E-state index in [2.05, 4.69) is 5.32 Å². The van der Waals surface area contributed by atoms with E-state index in [1.165, 1.54) is 0 Å². The summed E-state index contributed by atoms with van der Waals surface area (Å²) < 4.78 is 11.1. The molecular formula is C16H19ClN2O4. The highest BCUT2D eigenvalue weighted by atomic mass is 35.5. The van der Waals surface area contributed by atoms with Gasteiger partial charge in [-0.1, -0.05) is 11.6 Å². The number of likely N-dealkylation sites (tertiary alicyclic amines) is 1. The SMILES string of the molecule is CC(C)(C)OC(=O)N1CC(C2Oc3ccc(Cl)cc3NC2=O)C1. The van der Waals surface area contributed by atoms with E-state index in [0.29, 0.717) is 29.5 Å². The topological polar surface area (TPSA) is 67.9 Å². The molecule has 3 rings (SSSR count). The molecule has 0 bridgehead atoms. The van der Waals surface area contributed by atoms with Crippen LogP contribution in [0.3, 0.4) is 0 Å². The molecule has 1 unspecified atom stereocenters. The Hall–Kier alpha value is -1.95. The summed E-state index contributed by atoms with van der Waals surface area (Å²) in [7, 11) is 0. The molecule has 1 N–H and O–H groups in total. The normalized spacial score (nSPS) is 21.0. The first-order valence-electron chi connectivity index (χ1n) is 7.48. The maximum atomic E-state index is 12.2. The molecule has 0 aromatic heterocycles. The Kier molecular flexibility index (Phi) is 3.88. The van der Waals surface area contributed by atoms with Crippen LogP contribution in [0, 0.1) is 5.92 Å². The first kappa shape index (κ1) is 15.9. The Morgan fingerprint density at radius 3 is 2.74 bits per heavy atom. The molecule has 2 amide bonds. The Labute approximate surface area is 139 Å². The average Bonchev–Trinajstić information content (AvgIpc) is 2.35. The van der Waals surface area contributed by atoms with E-state index in [4.69, 9.17) is 21.1 Å². The van der Waals surface area contributed by atoms with Gasteiger partial charge in [0.1, 0.15) is 11.4 Å². The highest BCUT2D eigenvalue weighted by Gasteiger charge is 2.44. The minimum atomic E-state index is -0.609. The van der Waals surface area contributed by atoms with Crippen molar-refractivity contribution in [2.75, 3.05) is 18.4 Å². The smallest absolute Gasteiger partial charge is 0.410 e. The van der Waals surface area contributed by atoms with Crippen molar-refractivity contribution < 1.29 is 19.1 Å². The van der Waals surface area contributed by atoms with Crippen molar-refractivity contribution in [3.8, 4) is 5.75 Å². The molecule has 124 valence electrons. The molecule has 1 aromatic rings. The zero-order valence-electron chi connectivity index (χ0n) is 13.3. The number of hydrogen-bond acceptors (Lipinski definition) is 4. The Bertz CT molecular complexity index is 650. The summed E-state index contributed by atoms with van der Waals surface area (Å²) in [5.74, 6) is 0.328. The summed E-state index contributed by atoms with van der Waals surface area (Å²) in [4.78, 5) is 25.7. The molecule has 23 heavy (non-hydrogen) atoms. The van der Waals surface area contributed by atoms with Gasteiger partial charge < -0.3 is 19.7 Å². The van der Waals surface area contributed by atoms with Gasteiger partial charge in [-0.25, -0.2) is 4.79 Å². The van der Waals surface area contributed by atoms with E-state index < -0.39 is 11.7 Å². The number of anilines is 1. The molecule has 7 heteroatoms. The van der Waals surface area contributed by atoms with E-state index in [1.54, 1.807) is 23.1 Å². The van der Waals surface area contributed by atoms with Crippen LogP contribution < -0.4 is 10.1 Å². The third-order valence-corrected chi connectivity index (χ3v) is 3.94. The van der Waals surface area contributed by atoms with Crippen LogP contribution in [0.25, 0.3) is 0 Å². The van der Waals surface area contributed by atoms with Gasteiger partial charge in [0.2, 0.25) is 0 Å². The number of rotatable bonds is 1. The minimum absolute atomic E-state index is 0.0497. The van der Waals surface area contributed by atoms with Crippen LogP contribution in [0.1, 0.15) is 20.8 Å². The Morgan fingerprint density at radius 2 is 2.09 bits per heavy atom. The number of hydrogen-bond donors (Lipinski definition) is 1. The maximum Gasteiger partial charge on any atom is 0.410 e. The molecular weight excluding hydrogens is 320 g/mol. The summed E-state index contributed by atoms with van der Waals surface area (Å²) in [5.41, 5.74) is 0.0427. The van der Waals surface area contributed by atoms with Crippen molar-refractivity contribution in [3.05, 3.63) is 23.2 Å². The molecule has 0 aliphatic carbocycles. The van der Waals surface area contributed by atoms with Crippen LogP contribution >= 0.6 is 11.6 Å². The van der Waals surface area contributed by atoms with E-state index >= 15 is 0 Å². The van der Waals surface area contributed by atoms with Crippen LogP contribution in [0.15, 0.2) is 18.2 Å². The van der Waals surface area contributed by atoms with Gasteiger partial charge in [-0.2, -0.15) is 0 Å². The van der Waals surface area contributed by atoms with Crippen molar-refractivity contribution in [3.63, 3.8) is 0 Å². The monoisotopic (exact) mass is 338 g/mol. The van der Waals surface area contributed by atoms with Crippen molar-refractivity contribution in [1.82, 2.24) is 4.90 Å². The highest BCUT2D eigenvalue weighted by molar-refractivity contribution is 6.31. The van der Waals surface area contributed by atoms with Gasteiger partial charge in [0, 0.05) is 24.0 Å². The third-order valence-electron chi connectivity index (χ3n) is 3.70. The second-order valence-electron chi connectivity index (χ2n) is 6.81. The summed E-state index contributed by atoms with van der Waals surface area (Å²) in [5, 5.41) is 3.33. The second kappa shape index (κ2) is 5.60. The van der Waals surface area contributed by atoms with Crippen LogP contribution in [0.2, 0.25) is 5.02 Å². The Morgan fingerprint density at radius 1 is 1.39 bits per heavy atom. The second-order valence-corrected chi connectivity index (χ2v) is 7.25. The molecule has 1 saturated heterocycles. The van der Waals surface area contributed by atoms with Gasteiger partial charge in [-0.3, -0.25) is 4.79 Å². The van der Waals surface area contributed by atoms with Crippen LogP contribution in [0.4, 0.5) is 10.5 Å². The average molecular weight is 339 g/mol. The van der Waals surface area contributed by atoms with Crippen LogP contribution in [0.5, 0.6) is 5.75 Å². The van der Waals surface area contributed by atoms with E-state index in [9.17, 15) is 9.59 Å². The lowest BCUT2D eigenvalue weighted by Gasteiger charge is -2.43. The molecule has 0 radical (unpaired) electrons. The molecule has 0 spiro atoms. The number of halogens is 1. The predicted molar refractivity (Wildman–Crippen MR) is 85.8 cm³/mol. The highest BCUT2D eigenvalue weighted by Crippen LogP contribution is 2.35. The zero-order chi connectivity index (χ0) is 16.8. The zero-order valence-corrected chi connectivity index (χ0v) is 14.0. The molecule has 0 saturated carbocycles. The van der Waals surface area contributed by atoms with Gasteiger partial charge in [-0.05, 0) is 39.0 Å². The summed E-state index contributed by atoms with van der Waals surface area (Å²) in [6, 6.07) is 5.09. The number of nitrogens with one attached hydrogen (secondary N) is 1. The predicted octanol–water partition coefficient (Wildman–Crippen LogP) is 2.91. The summed E-state index contributed by atoms with van der Waals surface area (Å²) in [6.07, 6.45) is -0.973. The largest absolute Gasteiger partial charge is 0.478 e. The number of amides is 2. The minimum Gasteiger partial charge on any atom is -0.478 e. The van der Waals surface area contributed by atoms with Gasteiger partial charge in [0.05, 0.1) is 5.69 Å². The number of ether oxygens (including phenoxy) is 2. The van der Waals surface area contributed by atoms with Crippen molar-refractivity contribution >= 4 is 29.3 Å². The fourth-order valence-electron chi connectivity index (χ4n) is 2.59.